The molecule has 1 heterocycles. The smallest absolute Gasteiger partial charge is 0.0701 e. The summed E-state index contributed by atoms with van der Waals surface area (Å²) in [5, 5.41) is 6.02. The highest BCUT2D eigenvalue weighted by atomic mass is 79.9. The Labute approximate surface area is 139 Å². The van der Waals surface area contributed by atoms with Crippen LogP contribution in [0.5, 0.6) is 0 Å². The van der Waals surface area contributed by atoms with Crippen LogP contribution in [0.1, 0.15) is 61.3 Å². The van der Waals surface area contributed by atoms with Crippen molar-refractivity contribution in [3.05, 3.63) is 56.2 Å². The lowest BCUT2D eigenvalue weighted by Gasteiger charge is -2.30. The van der Waals surface area contributed by atoms with Crippen LogP contribution in [0.4, 0.5) is 0 Å². The van der Waals surface area contributed by atoms with Crippen LogP contribution in [0.3, 0.4) is 0 Å². The molecule has 1 aliphatic rings. The Bertz CT molecular complexity index is 588. The third-order valence-corrected chi connectivity index (χ3v) is 5.89. The van der Waals surface area contributed by atoms with Crippen molar-refractivity contribution >= 4 is 27.3 Å². The molecule has 1 aromatic heterocycles. The Balaban J connectivity index is 1.95. The minimum atomic E-state index is 0.323. The summed E-state index contributed by atoms with van der Waals surface area (Å²) in [6, 6.07) is 11.6. The van der Waals surface area contributed by atoms with Gasteiger partial charge < -0.3 is 5.32 Å². The molecule has 0 bridgehead atoms. The van der Waals surface area contributed by atoms with Gasteiger partial charge >= 0.3 is 0 Å². The highest BCUT2D eigenvalue weighted by Crippen LogP contribution is 2.41. The van der Waals surface area contributed by atoms with E-state index in [1.54, 1.807) is 16.9 Å². The molecule has 3 heteroatoms. The van der Waals surface area contributed by atoms with E-state index in [1.165, 1.54) is 34.2 Å². The molecule has 0 saturated heterocycles. The second-order valence-corrected chi connectivity index (χ2v) is 8.12. The zero-order chi connectivity index (χ0) is 14.7. The molecule has 3 rings (SSSR count). The van der Waals surface area contributed by atoms with Gasteiger partial charge in [0.05, 0.1) is 9.83 Å². The zero-order valence-electron chi connectivity index (χ0n) is 12.4. The van der Waals surface area contributed by atoms with E-state index >= 15 is 0 Å². The van der Waals surface area contributed by atoms with Gasteiger partial charge in [0, 0.05) is 0 Å². The highest BCUT2D eigenvalue weighted by Gasteiger charge is 2.25. The summed E-state index contributed by atoms with van der Waals surface area (Å²) in [6.07, 6.45) is 5.25. The highest BCUT2D eigenvalue weighted by molar-refractivity contribution is 9.11. The normalized spacial score (nSPS) is 16.7. The average molecular weight is 364 g/mol. The lowest BCUT2D eigenvalue weighted by atomic mass is 9.76. The first-order chi connectivity index (χ1) is 10.3. The van der Waals surface area contributed by atoms with Crippen LogP contribution < -0.4 is 5.32 Å². The van der Waals surface area contributed by atoms with E-state index < -0.39 is 0 Å². The zero-order valence-corrected chi connectivity index (χ0v) is 14.8. The lowest BCUT2D eigenvalue weighted by Crippen LogP contribution is -2.25. The van der Waals surface area contributed by atoms with Crippen LogP contribution in [0.2, 0.25) is 0 Å². The van der Waals surface area contributed by atoms with Crippen molar-refractivity contribution in [2.75, 3.05) is 6.54 Å². The molecular weight excluding hydrogens is 342 g/mol. The summed E-state index contributed by atoms with van der Waals surface area (Å²) in [4.78, 5) is 0. The lowest BCUT2D eigenvalue weighted by molar-refractivity contribution is 0.414. The Morgan fingerprint density at radius 1 is 1.33 bits per heavy atom. The first-order valence-electron chi connectivity index (χ1n) is 7.85. The van der Waals surface area contributed by atoms with E-state index in [9.17, 15) is 0 Å². The number of nitrogens with one attached hydrogen (secondary N) is 1. The molecule has 1 unspecified atom stereocenters. The molecule has 1 saturated carbocycles. The van der Waals surface area contributed by atoms with Crippen LogP contribution in [0.25, 0.3) is 0 Å². The number of benzene rings is 1. The van der Waals surface area contributed by atoms with Crippen molar-refractivity contribution in [2.24, 2.45) is 0 Å². The molecule has 1 aromatic carbocycles. The minimum Gasteiger partial charge on any atom is -0.306 e. The van der Waals surface area contributed by atoms with Gasteiger partial charge in [-0.25, -0.2) is 0 Å². The van der Waals surface area contributed by atoms with Crippen LogP contribution >= 0.6 is 27.3 Å². The van der Waals surface area contributed by atoms with Crippen molar-refractivity contribution in [3.8, 4) is 0 Å². The van der Waals surface area contributed by atoms with E-state index in [4.69, 9.17) is 0 Å². The van der Waals surface area contributed by atoms with E-state index in [0.717, 1.165) is 18.9 Å². The van der Waals surface area contributed by atoms with E-state index in [1.807, 2.05) is 0 Å². The molecule has 21 heavy (non-hydrogen) atoms. The maximum atomic E-state index is 3.74. The van der Waals surface area contributed by atoms with Gasteiger partial charge in [-0.1, -0.05) is 37.6 Å². The number of thiophene rings is 1. The van der Waals surface area contributed by atoms with Crippen LogP contribution in [-0.2, 0) is 0 Å². The average Bonchev–Trinajstić information content (AvgIpc) is 2.85. The molecule has 0 radical (unpaired) electrons. The quantitative estimate of drug-likeness (QED) is 0.676. The third kappa shape index (κ3) is 3.41. The molecule has 0 amide bonds. The summed E-state index contributed by atoms with van der Waals surface area (Å²) >= 11 is 5.38. The number of hydrogen-bond acceptors (Lipinski definition) is 2. The Kier molecular flexibility index (Phi) is 5.15. The molecule has 0 aliphatic heterocycles. The Hall–Kier alpha value is -0.640. The van der Waals surface area contributed by atoms with E-state index in [-0.39, 0.29) is 0 Å². The Morgan fingerprint density at radius 3 is 2.76 bits per heavy atom. The molecule has 2 aromatic rings. The monoisotopic (exact) mass is 363 g/mol. The SMILES string of the molecule is CCCNC(c1csc(Br)c1)c1ccccc1C1CCC1. The molecule has 112 valence electrons. The van der Waals surface area contributed by atoms with E-state index in [0.29, 0.717) is 6.04 Å². The second-order valence-electron chi connectivity index (χ2n) is 5.83. The van der Waals surface area contributed by atoms with Crippen molar-refractivity contribution in [2.45, 2.75) is 44.6 Å². The van der Waals surface area contributed by atoms with Crippen molar-refractivity contribution in [1.82, 2.24) is 5.32 Å². The van der Waals surface area contributed by atoms with Crippen LogP contribution in [0.15, 0.2) is 39.5 Å². The third-order valence-electron chi connectivity index (χ3n) is 4.37. The molecule has 0 spiro atoms. The predicted octanol–water partition coefficient (Wildman–Crippen LogP) is 5.87. The van der Waals surface area contributed by atoms with Crippen LogP contribution in [0, 0.1) is 0 Å². The van der Waals surface area contributed by atoms with Gasteiger partial charge in [0.25, 0.3) is 0 Å². The number of hydrogen-bond donors (Lipinski definition) is 1. The summed E-state index contributed by atoms with van der Waals surface area (Å²) in [5.74, 6) is 0.772. The molecule has 1 aliphatic carbocycles. The van der Waals surface area contributed by atoms with E-state index in [2.05, 4.69) is 63.9 Å². The molecule has 1 fully saturated rings. The van der Waals surface area contributed by atoms with Gasteiger partial charge in [-0.15, -0.1) is 11.3 Å². The molecule has 1 N–H and O–H groups in total. The maximum absolute atomic E-state index is 3.74. The first kappa shape index (κ1) is 15.3. The molecular formula is C18H22BrNS. The van der Waals surface area contributed by atoms with Gasteiger partial charge in [0.2, 0.25) is 0 Å². The van der Waals surface area contributed by atoms with Gasteiger partial charge in [0.15, 0.2) is 0 Å². The topological polar surface area (TPSA) is 12.0 Å². The minimum absolute atomic E-state index is 0.323. The summed E-state index contributed by atoms with van der Waals surface area (Å²) in [5.41, 5.74) is 4.41. The van der Waals surface area contributed by atoms with Crippen molar-refractivity contribution in [1.29, 1.82) is 0 Å². The standard InChI is InChI=1S/C18H22BrNS/c1-2-10-20-18(14-11-17(19)21-12-14)16-9-4-3-8-15(16)13-6-5-7-13/h3-4,8-9,11-13,18,20H,2,5-7,10H2,1H3. The number of rotatable bonds is 6. The fraction of sp³-hybridized carbons (Fsp3) is 0.444. The van der Waals surface area contributed by atoms with Gasteiger partial charge in [-0.2, -0.15) is 0 Å². The Morgan fingerprint density at radius 2 is 2.14 bits per heavy atom. The summed E-state index contributed by atoms with van der Waals surface area (Å²) in [7, 11) is 0. The fourth-order valence-electron chi connectivity index (χ4n) is 3.04. The largest absolute Gasteiger partial charge is 0.306 e. The predicted molar refractivity (Wildman–Crippen MR) is 95.2 cm³/mol. The van der Waals surface area contributed by atoms with Gasteiger partial charge in [0.1, 0.15) is 0 Å². The van der Waals surface area contributed by atoms with Crippen LogP contribution in [-0.4, -0.2) is 6.54 Å². The van der Waals surface area contributed by atoms with Gasteiger partial charge in [-0.05, 0) is 75.8 Å². The first-order valence-corrected chi connectivity index (χ1v) is 9.53. The fourth-order valence-corrected chi connectivity index (χ4v) is 4.24. The summed E-state index contributed by atoms with van der Waals surface area (Å²) < 4.78 is 1.21. The summed E-state index contributed by atoms with van der Waals surface area (Å²) in [6.45, 7) is 3.28. The molecule has 1 nitrogen and oxygen atoms in total. The molecule has 1 atom stereocenters. The van der Waals surface area contributed by atoms with Gasteiger partial charge in [-0.3, -0.25) is 0 Å². The van der Waals surface area contributed by atoms with Crippen molar-refractivity contribution < 1.29 is 0 Å². The van der Waals surface area contributed by atoms with Crippen molar-refractivity contribution in [3.63, 3.8) is 0 Å². The number of halogens is 1. The second kappa shape index (κ2) is 7.08. The maximum Gasteiger partial charge on any atom is 0.0701 e.